The molecule has 0 spiro atoms. The van der Waals surface area contributed by atoms with Crippen LogP contribution in [0.5, 0.6) is 0 Å². The zero-order valence-corrected chi connectivity index (χ0v) is 16.9. The van der Waals surface area contributed by atoms with Gasteiger partial charge in [0, 0.05) is 24.4 Å². The summed E-state index contributed by atoms with van der Waals surface area (Å²) in [5, 5.41) is 11.0. The molecule has 5 heteroatoms. The first-order valence-electron chi connectivity index (χ1n) is 9.79. The molecule has 3 aromatic rings. The molecule has 0 amide bonds. The van der Waals surface area contributed by atoms with Gasteiger partial charge in [0.25, 0.3) is 5.69 Å². The fourth-order valence-corrected chi connectivity index (χ4v) is 4.08. The third kappa shape index (κ3) is 3.56. The van der Waals surface area contributed by atoms with Gasteiger partial charge in [-0.3, -0.25) is 10.1 Å². The van der Waals surface area contributed by atoms with Crippen molar-refractivity contribution in [2.24, 2.45) is 0 Å². The molecule has 0 aliphatic carbocycles. The van der Waals surface area contributed by atoms with E-state index in [-0.39, 0.29) is 17.5 Å². The average molecular weight is 382 g/mol. The predicted molar refractivity (Wildman–Crippen MR) is 121 cm³/mol. The van der Waals surface area contributed by atoms with Crippen molar-refractivity contribution >= 4 is 29.3 Å². The minimum absolute atomic E-state index is 0.111. The highest BCUT2D eigenvalue weighted by molar-refractivity contribution is 6.82. The summed E-state index contributed by atoms with van der Waals surface area (Å²) in [5.41, 5.74) is 8.74. The molecule has 0 bridgehead atoms. The van der Waals surface area contributed by atoms with E-state index >= 15 is 0 Å². The number of anilines is 1. The molecule has 144 valence electrons. The molecule has 4 nitrogen and oxygen atoms in total. The Morgan fingerprint density at radius 1 is 0.931 bits per heavy atom. The second-order valence-corrected chi connectivity index (χ2v) is 7.65. The molecule has 0 N–H and O–H groups in total. The molecule has 0 saturated heterocycles. The van der Waals surface area contributed by atoms with Gasteiger partial charge in [-0.15, -0.1) is 0 Å². The van der Waals surface area contributed by atoms with Gasteiger partial charge < -0.3 is 4.81 Å². The summed E-state index contributed by atoms with van der Waals surface area (Å²) in [5.74, 6) is 2.33. The van der Waals surface area contributed by atoms with E-state index in [1.54, 1.807) is 12.1 Å². The number of aryl methyl sites for hydroxylation is 1. The quantitative estimate of drug-likeness (QED) is 0.359. The van der Waals surface area contributed by atoms with E-state index < -0.39 is 0 Å². The molecule has 29 heavy (non-hydrogen) atoms. The summed E-state index contributed by atoms with van der Waals surface area (Å²) >= 11 is 0. The van der Waals surface area contributed by atoms with Gasteiger partial charge in [-0.05, 0) is 49.0 Å². The van der Waals surface area contributed by atoms with Crippen molar-refractivity contribution in [2.45, 2.75) is 27.3 Å². The first-order chi connectivity index (χ1) is 14.0. The first-order valence-corrected chi connectivity index (χ1v) is 9.79. The molecule has 0 atom stereocenters. The van der Waals surface area contributed by atoms with Crippen LogP contribution in [0.15, 0.2) is 72.7 Å². The van der Waals surface area contributed by atoms with Gasteiger partial charge >= 0.3 is 6.85 Å². The van der Waals surface area contributed by atoms with E-state index in [1.807, 2.05) is 12.1 Å². The van der Waals surface area contributed by atoms with Crippen molar-refractivity contribution in [3.05, 3.63) is 105 Å². The number of nitrogens with zero attached hydrogens (tertiary/aromatic N) is 2. The lowest BCUT2D eigenvalue weighted by atomic mass is 9.50. The zero-order chi connectivity index (χ0) is 20.5. The topological polar surface area (TPSA) is 46.4 Å². The van der Waals surface area contributed by atoms with E-state index in [4.69, 9.17) is 0 Å². The summed E-state index contributed by atoms with van der Waals surface area (Å²) in [6.45, 7) is 7.28. The van der Waals surface area contributed by atoms with E-state index in [1.165, 1.54) is 33.4 Å². The smallest absolute Gasteiger partial charge is 0.316 e. The molecule has 3 aromatic carbocycles. The highest BCUT2D eigenvalue weighted by Crippen LogP contribution is 2.34. The summed E-state index contributed by atoms with van der Waals surface area (Å²) in [6.07, 6.45) is 0. The van der Waals surface area contributed by atoms with Crippen molar-refractivity contribution in [1.82, 2.24) is 0 Å². The SMILES string of the molecule is CC1=CB(c2cccc(C)c2C)N(Cc2ccc([N+](=O)[O-])cc2)c2ccccc21. The Labute approximate surface area is 171 Å². The van der Waals surface area contributed by atoms with Crippen molar-refractivity contribution in [2.75, 3.05) is 4.81 Å². The Kier molecular flexibility index (Phi) is 4.97. The van der Waals surface area contributed by atoms with Crippen LogP contribution in [0.3, 0.4) is 0 Å². The molecule has 0 fully saturated rings. The fraction of sp³-hybridized carbons (Fsp3) is 0.167. The molecule has 1 aliphatic heterocycles. The normalized spacial score (nSPS) is 13.1. The molecule has 1 aliphatic rings. The maximum absolute atomic E-state index is 11.0. The van der Waals surface area contributed by atoms with E-state index in [0.29, 0.717) is 6.54 Å². The Morgan fingerprint density at radius 3 is 2.38 bits per heavy atom. The molecule has 0 saturated carbocycles. The van der Waals surface area contributed by atoms with Gasteiger partial charge in [-0.25, -0.2) is 0 Å². The van der Waals surface area contributed by atoms with Crippen LogP contribution in [-0.4, -0.2) is 11.8 Å². The largest absolute Gasteiger partial charge is 0.403 e. The monoisotopic (exact) mass is 382 g/mol. The van der Waals surface area contributed by atoms with E-state index in [0.717, 1.165) is 5.56 Å². The molecular formula is C24H23BN2O2. The number of allylic oxidation sites excluding steroid dienone is 1. The number of benzene rings is 3. The third-order valence-electron chi connectivity index (χ3n) is 5.85. The molecule has 0 unspecified atom stereocenters. The van der Waals surface area contributed by atoms with Crippen LogP contribution in [0, 0.1) is 24.0 Å². The maximum atomic E-state index is 11.0. The van der Waals surface area contributed by atoms with Gasteiger partial charge in [0.1, 0.15) is 0 Å². The Morgan fingerprint density at radius 2 is 1.66 bits per heavy atom. The molecule has 0 radical (unpaired) electrons. The fourth-order valence-electron chi connectivity index (χ4n) is 4.08. The molecule has 4 rings (SSSR count). The minimum atomic E-state index is -0.356. The predicted octanol–water partition coefficient (Wildman–Crippen LogP) is 5.07. The highest BCUT2D eigenvalue weighted by atomic mass is 16.6. The van der Waals surface area contributed by atoms with Crippen LogP contribution >= 0.6 is 0 Å². The number of fused-ring (bicyclic) bond motifs is 1. The van der Waals surface area contributed by atoms with Crippen LogP contribution in [0.1, 0.15) is 29.2 Å². The third-order valence-corrected chi connectivity index (χ3v) is 5.85. The minimum Gasteiger partial charge on any atom is -0.403 e. The number of para-hydroxylation sites is 1. The second-order valence-electron chi connectivity index (χ2n) is 7.65. The van der Waals surface area contributed by atoms with E-state index in [9.17, 15) is 10.1 Å². The van der Waals surface area contributed by atoms with Crippen molar-refractivity contribution in [3.63, 3.8) is 0 Å². The average Bonchev–Trinajstić information content (AvgIpc) is 2.72. The van der Waals surface area contributed by atoms with Gasteiger partial charge in [0.2, 0.25) is 0 Å². The number of rotatable bonds is 4. The van der Waals surface area contributed by atoms with E-state index in [2.05, 4.69) is 74.0 Å². The Hall–Kier alpha value is -3.34. The van der Waals surface area contributed by atoms with Crippen LogP contribution in [0.2, 0.25) is 0 Å². The van der Waals surface area contributed by atoms with Gasteiger partial charge in [-0.1, -0.05) is 65.6 Å². The van der Waals surface area contributed by atoms with Crippen LogP contribution in [0.25, 0.3) is 5.57 Å². The lowest BCUT2D eigenvalue weighted by Gasteiger charge is -2.37. The molecular weight excluding hydrogens is 359 g/mol. The number of nitro benzene ring substituents is 1. The van der Waals surface area contributed by atoms with Crippen LogP contribution in [-0.2, 0) is 6.54 Å². The lowest BCUT2D eigenvalue weighted by Crippen LogP contribution is -2.50. The van der Waals surface area contributed by atoms with Gasteiger partial charge in [0.05, 0.1) is 4.92 Å². The summed E-state index contributed by atoms with van der Waals surface area (Å²) in [7, 11) is 0. The number of hydrogen-bond acceptors (Lipinski definition) is 3. The highest BCUT2D eigenvalue weighted by Gasteiger charge is 2.31. The van der Waals surface area contributed by atoms with Crippen LogP contribution in [0.4, 0.5) is 11.4 Å². The summed E-state index contributed by atoms with van der Waals surface area (Å²) < 4.78 is 0. The zero-order valence-electron chi connectivity index (χ0n) is 16.9. The maximum Gasteiger partial charge on any atom is 0.316 e. The number of hydrogen-bond donors (Lipinski definition) is 0. The number of non-ortho nitro benzene ring substituents is 1. The molecule has 1 heterocycles. The van der Waals surface area contributed by atoms with Crippen molar-refractivity contribution < 1.29 is 4.92 Å². The first kappa shape index (κ1) is 19.0. The van der Waals surface area contributed by atoms with Gasteiger partial charge in [0.15, 0.2) is 0 Å². The van der Waals surface area contributed by atoms with Gasteiger partial charge in [-0.2, -0.15) is 0 Å². The second kappa shape index (κ2) is 7.59. The van der Waals surface area contributed by atoms with Crippen molar-refractivity contribution in [3.8, 4) is 0 Å². The summed E-state index contributed by atoms with van der Waals surface area (Å²) in [4.78, 5) is 13.0. The molecule has 0 aromatic heterocycles. The number of nitro groups is 1. The Balaban J connectivity index is 1.80. The van der Waals surface area contributed by atoms with Crippen molar-refractivity contribution in [1.29, 1.82) is 0 Å². The standard InChI is InChI=1S/C24H23BN2O2/c1-17-7-6-9-23(19(17)3)25-15-18(2)22-8-4-5-10-24(22)26(25)16-20-11-13-21(14-12-20)27(28)29/h4-15H,16H2,1-3H3. The van der Waals surface area contributed by atoms with Crippen LogP contribution < -0.4 is 10.3 Å². The summed E-state index contributed by atoms with van der Waals surface area (Å²) in [6, 6.07) is 21.8. The lowest BCUT2D eigenvalue weighted by molar-refractivity contribution is -0.384. The Bertz CT molecular complexity index is 1110.